The highest BCUT2D eigenvalue weighted by Crippen LogP contribution is 2.49. The molecular formula is C51H77ClN4O17S. The molecule has 74 heavy (non-hydrogen) atoms. The van der Waals surface area contributed by atoms with E-state index in [2.05, 4.69) is 15.4 Å². The minimum atomic E-state index is -1.86. The lowest BCUT2D eigenvalue weighted by Gasteiger charge is -2.42. The van der Waals surface area contributed by atoms with Crippen molar-refractivity contribution in [3.8, 4) is 5.75 Å². The van der Waals surface area contributed by atoms with Crippen molar-refractivity contribution in [2.45, 2.75) is 114 Å². The number of halogens is 1. The minimum absolute atomic E-state index is 0.0765. The molecule has 0 aliphatic carbocycles. The molecule has 3 aliphatic rings. The van der Waals surface area contributed by atoms with E-state index in [1.165, 1.54) is 49.9 Å². The molecule has 7 atom stereocenters. The van der Waals surface area contributed by atoms with Crippen LogP contribution in [0.25, 0.3) is 0 Å². The highest BCUT2D eigenvalue weighted by molar-refractivity contribution is 8.01. The molecule has 416 valence electrons. The molecule has 3 N–H and O–H groups in total. The first kappa shape index (κ1) is 62.0. The largest absolute Gasteiger partial charge is 0.495 e. The van der Waals surface area contributed by atoms with E-state index in [9.17, 15) is 33.9 Å². The Bertz CT molecular complexity index is 2130. The quantitative estimate of drug-likeness (QED) is 0.0510. The van der Waals surface area contributed by atoms with Gasteiger partial charge >= 0.3 is 18.0 Å². The molecule has 2 fully saturated rings. The summed E-state index contributed by atoms with van der Waals surface area (Å²) in [5.74, 6) is -2.16. The molecular weight excluding hydrogens is 1010 g/mol. The standard InChI is InChI=1S/C51H77ClN4O17S/c1-33-12-11-13-39(65-9)51(63)30-38(71-48(62)54-51)34(2)47-50(5,73-47)40(29-43(59)56(7)36-27-35(26-33)28-37(64-8)46(36)52)72-45(61)31-55(6)42(58)14-16-49(3,4)74-32-41(57)53-17-19-68-21-23-70-25-24-69-22-20-67-18-15-44(60)66-10/h11-13,27-28,34,38-40,47,63H,14-26,29-32H2,1-10H3,(H,53,57)(H,54,62)/b13-11+,33-12+/t34-,38+,39-,40+,47+,50+,51+/m1/s1. The summed E-state index contributed by atoms with van der Waals surface area (Å²) in [7, 11) is 7.27. The van der Waals surface area contributed by atoms with Crippen molar-refractivity contribution < 1.29 is 81.2 Å². The molecule has 0 radical (unpaired) electrons. The molecule has 4 rings (SSSR count). The van der Waals surface area contributed by atoms with Gasteiger partial charge in [-0.05, 0) is 44.4 Å². The van der Waals surface area contributed by atoms with Crippen LogP contribution in [-0.2, 0) is 73.0 Å². The number of esters is 2. The summed E-state index contributed by atoms with van der Waals surface area (Å²) in [6.07, 6.45) is 1.28. The molecule has 3 aliphatic heterocycles. The number of benzene rings is 1. The van der Waals surface area contributed by atoms with E-state index in [1.807, 2.05) is 26.8 Å². The van der Waals surface area contributed by atoms with Gasteiger partial charge in [0.05, 0.1) is 97.5 Å². The molecule has 4 bridgehead atoms. The van der Waals surface area contributed by atoms with Crippen molar-refractivity contribution >= 4 is 64.8 Å². The molecule has 0 aromatic heterocycles. The maximum absolute atomic E-state index is 14.3. The van der Waals surface area contributed by atoms with Gasteiger partial charge in [-0.25, -0.2) is 4.79 Å². The number of nitrogens with one attached hydrogen (secondary N) is 2. The fraction of sp³-hybridized carbons (Fsp3) is 0.686. The fourth-order valence-corrected chi connectivity index (χ4v) is 9.53. The second-order valence-corrected chi connectivity index (χ2v) is 21.3. The van der Waals surface area contributed by atoms with E-state index >= 15 is 0 Å². The van der Waals surface area contributed by atoms with Gasteiger partial charge in [-0.15, -0.1) is 11.8 Å². The summed E-state index contributed by atoms with van der Waals surface area (Å²) in [4.78, 5) is 80.8. The van der Waals surface area contributed by atoms with Crippen molar-refractivity contribution in [3.05, 3.63) is 46.5 Å². The Morgan fingerprint density at radius 1 is 0.986 bits per heavy atom. The maximum atomic E-state index is 14.3. The third kappa shape index (κ3) is 19.2. The lowest BCUT2D eigenvalue weighted by atomic mass is 9.83. The van der Waals surface area contributed by atoms with Gasteiger partial charge in [0.1, 0.15) is 41.2 Å². The van der Waals surface area contributed by atoms with Crippen LogP contribution < -0.4 is 20.3 Å². The summed E-state index contributed by atoms with van der Waals surface area (Å²) in [6, 6.07) is 3.56. The Morgan fingerprint density at radius 3 is 2.27 bits per heavy atom. The number of amides is 4. The summed E-state index contributed by atoms with van der Waals surface area (Å²) in [5, 5.41) is 17.4. The number of alkyl carbamates (subject to hydrolysis) is 1. The van der Waals surface area contributed by atoms with E-state index in [-0.39, 0.29) is 60.8 Å². The Kier molecular flexibility index (Phi) is 24.9. The first-order valence-corrected chi connectivity index (χ1v) is 26.0. The zero-order valence-corrected chi connectivity index (χ0v) is 46.0. The number of fused-ring (bicyclic) bond motifs is 5. The van der Waals surface area contributed by atoms with Crippen LogP contribution in [0.2, 0.25) is 5.02 Å². The average molecular weight is 1090 g/mol. The fourth-order valence-electron chi connectivity index (χ4n) is 8.35. The third-order valence-corrected chi connectivity index (χ3v) is 14.7. The van der Waals surface area contributed by atoms with E-state index < -0.39 is 70.9 Å². The monoisotopic (exact) mass is 1080 g/mol. The maximum Gasteiger partial charge on any atom is 0.409 e. The number of nitrogens with zero attached hydrogens (tertiary/aromatic N) is 2. The predicted octanol–water partition coefficient (Wildman–Crippen LogP) is 4.16. The lowest BCUT2D eigenvalue weighted by molar-refractivity contribution is -0.157. The van der Waals surface area contributed by atoms with Gasteiger partial charge in [-0.1, -0.05) is 56.2 Å². The number of hydrogen-bond donors (Lipinski definition) is 3. The van der Waals surface area contributed by atoms with Gasteiger partial charge in [-0.3, -0.25) is 29.3 Å². The van der Waals surface area contributed by atoms with E-state index in [4.69, 9.17) is 54.2 Å². The Hall–Kier alpha value is -4.52. The summed E-state index contributed by atoms with van der Waals surface area (Å²) in [6.45, 7) is 11.9. The number of methoxy groups -OCH3 is 3. The number of rotatable bonds is 26. The first-order chi connectivity index (χ1) is 35.1. The van der Waals surface area contributed by atoms with Crippen molar-refractivity contribution in [2.75, 3.05) is 112 Å². The third-order valence-electron chi connectivity index (χ3n) is 12.9. The van der Waals surface area contributed by atoms with Gasteiger partial charge in [0.2, 0.25) is 17.7 Å². The molecule has 4 amide bonds. The molecule has 21 nitrogen and oxygen atoms in total. The number of thioether (sulfide) groups is 1. The number of hydrogen-bond acceptors (Lipinski definition) is 18. The van der Waals surface area contributed by atoms with Gasteiger partial charge in [0.15, 0.2) is 5.72 Å². The Balaban J connectivity index is 1.30. The van der Waals surface area contributed by atoms with Gasteiger partial charge in [0.25, 0.3) is 0 Å². The average Bonchev–Trinajstić information content (AvgIpc) is 4.05. The number of carbonyl (C=O) groups excluding carboxylic acids is 6. The number of ether oxygens (including phenoxy) is 10. The molecule has 0 saturated carbocycles. The summed E-state index contributed by atoms with van der Waals surface area (Å²) in [5.41, 5.74) is -1.08. The van der Waals surface area contributed by atoms with E-state index in [0.29, 0.717) is 77.1 Å². The predicted molar refractivity (Wildman–Crippen MR) is 275 cm³/mol. The summed E-state index contributed by atoms with van der Waals surface area (Å²) >= 11 is 8.20. The number of aliphatic hydroxyl groups is 1. The molecule has 3 heterocycles. The van der Waals surface area contributed by atoms with Crippen molar-refractivity contribution in [3.63, 3.8) is 0 Å². The highest BCUT2D eigenvalue weighted by Gasteiger charge is 2.64. The van der Waals surface area contributed by atoms with Gasteiger partial charge in [-0.2, -0.15) is 0 Å². The Labute approximate surface area is 443 Å². The molecule has 0 unspecified atom stereocenters. The van der Waals surface area contributed by atoms with Crippen LogP contribution in [0.15, 0.2) is 35.9 Å². The van der Waals surface area contributed by atoms with Crippen molar-refractivity contribution in [1.82, 2.24) is 15.5 Å². The van der Waals surface area contributed by atoms with Crippen LogP contribution in [0.5, 0.6) is 5.75 Å². The number of likely N-dealkylation sites (N-methyl/N-ethyl adjacent to an activating group) is 1. The minimum Gasteiger partial charge on any atom is -0.495 e. The summed E-state index contributed by atoms with van der Waals surface area (Å²) < 4.78 is 55.1. The van der Waals surface area contributed by atoms with Crippen LogP contribution in [0.4, 0.5) is 10.5 Å². The van der Waals surface area contributed by atoms with Crippen LogP contribution in [-0.4, -0.2) is 193 Å². The SMILES string of the molecule is COC(=O)CCOCCOCCOCCOCCNC(=O)CSC(C)(C)CCC(=O)N(C)CC(=O)O[C@H]1CC(=O)N(C)c2cc(cc(OC)c2Cl)C/C(C)=C/C=C/[C@@H](OC)[C@@]2(O)C[C@H](OC(=O)N2)[C@@H](C)[C@@H]2O[C@@]12C. The zero-order valence-electron chi connectivity index (χ0n) is 44.5. The smallest absolute Gasteiger partial charge is 0.409 e. The number of anilines is 1. The van der Waals surface area contributed by atoms with Crippen molar-refractivity contribution in [2.24, 2.45) is 5.92 Å². The van der Waals surface area contributed by atoms with Crippen LogP contribution in [0, 0.1) is 5.92 Å². The second-order valence-electron chi connectivity index (χ2n) is 19.2. The molecule has 1 aromatic rings. The van der Waals surface area contributed by atoms with Crippen LogP contribution >= 0.6 is 23.4 Å². The van der Waals surface area contributed by atoms with E-state index in [1.54, 1.807) is 45.2 Å². The van der Waals surface area contributed by atoms with E-state index in [0.717, 1.165) is 11.1 Å². The second kappa shape index (κ2) is 29.7. The van der Waals surface area contributed by atoms with Crippen LogP contribution in [0.3, 0.4) is 0 Å². The lowest BCUT2D eigenvalue weighted by Crippen LogP contribution is -2.63. The topological polar surface area (TPSA) is 249 Å². The van der Waals surface area contributed by atoms with Crippen LogP contribution in [0.1, 0.15) is 72.3 Å². The normalized spacial score (nSPS) is 25.3. The zero-order chi connectivity index (χ0) is 54.6. The van der Waals surface area contributed by atoms with Crippen molar-refractivity contribution in [1.29, 1.82) is 0 Å². The molecule has 2 saturated heterocycles. The molecule has 0 spiro atoms. The number of epoxide rings is 1. The van der Waals surface area contributed by atoms with Gasteiger partial charge < -0.3 is 67.6 Å². The number of allylic oxidation sites excluding steroid dienone is 3. The van der Waals surface area contributed by atoms with Gasteiger partial charge in [0, 0.05) is 51.3 Å². The molecule has 23 heteroatoms. The molecule has 1 aromatic carbocycles. The number of carbonyl (C=O) groups is 6. The highest BCUT2D eigenvalue weighted by atomic mass is 35.5. The first-order valence-electron chi connectivity index (χ1n) is 24.7. The Morgan fingerprint density at radius 2 is 1.64 bits per heavy atom.